The molecule has 1 saturated carbocycles. The highest BCUT2D eigenvalue weighted by molar-refractivity contribution is 5.19. The monoisotopic (exact) mass is 162 g/mol. The molecule has 12 heavy (non-hydrogen) atoms. The molecule has 0 aliphatic heterocycles. The summed E-state index contributed by atoms with van der Waals surface area (Å²) in [6.07, 6.45) is 10.4. The first kappa shape index (κ1) is 8.10. The average Bonchev–Trinajstić information content (AvgIpc) is 2.60. The molecule has 0 nitrogen and oxygen atoms in total. The summed E-state index contributed by atoms with van der Waals surface area (Å²) in [5.74, 6) is 2.00. The lowest BCUT2D eigenvalue weighted by atomic mass is 9.89. The summed E-state index contributed by atoms with van der Waals surface area (Å²) in [4.78, 5) is 0. The van der Waals surface area contributed by atoms with E-state index in [2.05, 4.69) is 26.0 Å². The molecule has 2 unspecified atom stereocenters. The Morgan fingerprint density at radius 1 is 1.50 bits per heavy atom. The normalized spacial score (nSPS) is 32.0. The maximum absolute atomic E-state index is 2.46. The molecule has 2 bridgehead atoms. The lowest BCUT2D eigenvalue weighted by molar-refractivity contribution is 0.393. The maximum Gasteiger partial charge on any atom is -0.0286 e. The number of fused-ring (bicyclic) bond motifs is 2. The van der Waals surface area contributed by atoms with Gasteiger partial charge in [0, 0.05) is 0 Å². The molecule has 0 heteroatoms. The van der Waals surface area contributed by atoms with Crippen molar-refractivity contribution >= 4 is 0 Å². The maximum atomic E-state index is 2.46. The predicted octanol–water partition coefficient (Wildman–Crippen LogP) is 3.70. The van der Waals surface area contributed by atoms with Gasteiger partial charge in [-0.1, -0.05) is 23.3 Å². The zero-order valence-corrected chi connectivity index (χ0v) is 8.14. The van der Waals surface area contributed by atoms with Crippen LogP contribution >= 0.6 is 0 Å². The van der Waals surface area contributed by atoms with Gasteiger partial charge in [-0.05, 0) is 51.4 Å². The first-order valence-electron chi connectivity index (χ1n) is 5.07. The highest BCUT2D eigenvalue weighted by Crippen LogP contribution is 2.45. The SMILES string of the molecule is CC(C)=CCC1CC2=CCC1C2. The van der Waals surface area contributed by atoms with Crippen LogP contribution in [0.2, 0.25) is 0 Å². The lowest BCUT2D eigenvalue weighted by Crippen LogP contribution is -2.06. The van der Waals surface area contributed by atoms with Gasteiger partial charge in [-0.25, -0.2) is 0 Å². The highest BCUT2D eigenvalue weighted by Gasteiger charge is 2.32. The molecule has 2 aliphatic rings. The molecule has 66 valence electrons. The summed E-state index contributed by atoms with van der Waals surface area (Å²) < 4.78 is 0. The van der Waals surface area contributed by atoms with Crippen molar-refractivity contribution in [2.24, 2.45) is 11.8 Å². The van der Waals surface area contributed by atoms with Gasteiger partial charge in [0.15, 0.2) is 0 Å². The molecular formula is C12H18. The Morgan fingerprint density at radius 3 is 2.83 bits per heavy atom. The molecule has 2 atom stereocenters. The first-order chi connectivity index (χ1) is 5.75. The lowest BCUT2D eigenvalue weighted by Gasteiger charge is -2.16. The summed E-state index contributed by atoms with van der Waals surface area (Å²) in [5, 5.41) is 0. The van der Waals surface area contributed by atoms with Crippen LogP contribution in [0.15, 0.2) is 23.3 Å². The van der Waals surface area contributed by atoms with Crippen molar-refractivity contribution in [2.45, 2.75) is 39.5 Å². The van der Waals surface area contributed by atoms with Crippen molar-refractivity contribution in [1.82, 2.24) is 0 Å². The van der Waals surface area contributed by atoms with Crippen LogP contribution in [0.4, 0.5) is 0 Å². The van der Waals surface area contributed by atoms with Gasteiger partial charge in [0.05, 0.1) is 0 Å². The molecule has 0 spiro atoms. The fraction of sp³-hybridized carbons (Fsp3) is 0.667. The van der Waals surface area contributed by atoms with Crippen LogP contribution in [0, 0.1) is 11.8 Å². The van der Waals surface area contributed by atoms with E-state index in [4.69, 9.17) is 0 Å². The quantitative estimate of drug-likeness (QED) is 0.543. The highest BCUT2D eigenvalue weighted by atomic mass is 14.4. The van der Waals surface area contributed by atoms with E-state index in [0.717, 1.165) is 11.8 Å². The largest absolute Gasteiger partial charge is 0.0856 e. The third-order valence-corrected chi connectivity index (χ3v) is 3.25. The van der Waals surface area contributed by atoms with Crippen molar-refractivity contribution in [1.29, 1.82) is 0 Å². The molecule has 0 saturated heterocycles. The van der Waals surface area contributed by atoms with Crippen LogP contribution in [-0.4, -0.2) is 0 Å². The Kier molecular flexibility index (Phi) is 2.08. The molecule has 1 fully saturated rings. The van der Waals surface area contributed by atoms with Gasteiger partial charge >= 0.3 is 0 Å². The molecule has 0 heterocycles. The van der Waals surface area contributed by atoms with Crippen LogP contribution in [0.5, 0.6) is 0 Å². The van der Waals surface area contributed by atoms with Gasteiger partial charge in [0.2, 0.25) is 0 Å². The van der Waals surface area contributed by atoms with E-state index in [0.29, 0.717) is 0 Å². The van der Waals surface area contributed by atoms with E-state index < -0.39 is 0 Å². The molecule has 0 amide bonds. The summed E-state index contributed by atoms with van der Waals surface area (Å²) in [6, 6.07) is 0. The summed E-state index contributed by atoms with van der Waals surface area (Å²) in [5.41, 5.74) is 3.22. The van der Waals surface area contributed by atoms with Crippen LogP contribution < -0.4 is 0 Å². The number of hydrogen-bond donors (Lipinski definition) is 0. The average molecular weight is 162 g/mol. The Bertz CT molecular complexity index is 228. The van der Waals surface area contributed by atoms with Crippen molar-refractivity contribution < 1.29 is 0 Å². The number of rotatable bonds is 2. The van der Waals surface area contributed by atoms with E-state index in [9.17, 15) is 0 Å². The third-order valence-electron chi connectivity index (χ3n) is 3.25. The Hall–Kier alpha value is -0.520. The molecular weight excluding hydrogens is 144 g/mol. The van der Waals surface area contributed by atoms with Crippen LogP contribution in [0.25, 0.3) is 0 Å². The van der Waals surface area contributed by atoms with Crippen LogP contribution in [0.1, 0.15) is 39.5 Å². The third kappa shape index (κ3) is 1.48. The van der Waals surface area contributed by atoms with E-state index in [-0.39, 0.29) is 0 Å². The fourth-order valence-electron chi connectivity index (χ4n) is 2.51. The van der Waals surface area contributed by atoms with Crippen LogP contribution in [0.3, 0.4) is 0 Å². The number of hydrogen-bond acceptors (Lipinski definition) is 0. The second kappa shape index (κ2) is 3.08. The molecule has 0 aromatic rings. The van der Waals surface area contributed by atoms with Gasteiger partial charge in [-0.2, -0.15) is 0 Å². The second-order valence-electron chi connectivity index (χ2n) is 4.54. The zero-order valence-electron chi connectivity index (χ0n) is 8.14. The Labute approximate surface area is 75.4 Å². The van der Waals surface area contributed by atoms with Gasteiger partial charge < -0.3 is 0 Å². The first-order valence-corrected chi connectivity index (χ1v) is 5.07. The fourth-order valence-corrected chi connectivity index (χ4v) is 2.51. The van der Waals surface area contributed by atoms with Crippen molar-refractivity contribution in [3.8, 4) is 0 Å². The smallest absolute Gasteiger partial charge is 0.0286 e. The number of allylic oxidation sites excluding steroid dienone is 4. The minimum Gasteiger partial charge on any atom is -0.0856 e. The molecule has 2 rings (SSSR count). The van der Waals surface area contributed by atoms with Crippen LogP contribution in [-0.2, 0) is 0 Å². The van der Waals surface area contributed by atoms with Gasteiger partial charge in [-0.15, -0.1) is 0 Å². The Morgan fingerprint density at radius 2 is 2.33 bits per heavy atom. The minimum absolute atomic E-state index is 0.986. The molecule has 0 radical (unpaired) electrons. The minimum atomic E-state index is 0.986. The van der Waals surface area contributed by atoms with Gasteiger partial charge in [0.1, 0.15) is 0 Å². The molecule has 2 aliphatic carbocycles. The van der Waals surface area contributed by atoms with Gasteiger partial charge in [0.25, 0.3) is 0 Å². The van der Waals surface area contributed by atoms with Crippen molar-refractivity contribution in [2.75, 3.05) is 0 Å². The van der Waals surface area contributed by atoms with Crippen molar-refractivity contribution in [3.63, 3.8) is 0 Å². The molecule has 0 N–H and O–H groups in total. The van der Waals surface area contributed by atoms with Crippen molar-refractivity contribution in [3.05, 3.63) is 23.3 Å². The topological polar surface area (TPSA) is 0 Å². The summed E-state index contributed by atoms with van der Waals surface area (Å²) in [6.45, 7) is 4.40. The van der Waals surface area contributed by atoms with E-state index in [1.54, 1.807) is 5.57 Å². The van der Waals surface area contributed by atoms with E-state index >= 15 is 0 Å². The molecule has 0 aromatic heterocycles. The van der Waals surface area contributed by atoms with E-state index in [1.807, 2.05) is 0 Å². The summed E-state index contributed by atoms with van der Waals surface area (Å²) in [7, 11) is 0. The Balaban J connectivity index is 1.92. The standard InChI is InChI=1S/C12H18/c1-9(2)3-5-11-7-10-4-6-12(11)8-10/h3-4,11-12H,5-8H2,1-2H3. The van der Waals surface area contributed by atoms with Gasteiger partial charge in [-0.3, -0.25) is 0 Å². The zero-order chi connectivity index (χ0) is 8.55. The summed E-state index contributed by atoms with van der Waals surface area (Å²) >= 11 is 0. The predicted molar refractivity (Wildman–Crippen MR) is 53.0 cm³/mol. The molecule has 0 aromatic carbocycles. The van der Waals surface area contributed by atoms with E-state index in [1.165, 1.54) is 31.3 Å². The second-order valence-corrected chi connectivity index (χ2v) is 4.54.